The highest BCUT2D eigenvalue weighted by Gasteiger charge is 2.31. The van der Waals surface area contributed by atoms with Crippen LogP contribution < -0.4 is 4.72 Å². The average molecular weight is 312 g/mol. The smallest absolute Gasteiger partial charge is 0.308 e. The fraction of sp³-hybridized carbons (Fsp3) is 0.385. The van der Waals surface area contributed by atoms with Crippen LogP contribution in [0.1, 0.15) is 16.8 Å². The van der Waals surface area contributed by atoms with Crippen molar-refractivity contribution in [2.45, 2.75) is 11.3 Å². The van der Waals surface area contributed by atoms with Gasteiger partial charge in [0.15, 0.2) is 0 Å². The van der Waals surface area contributed by atoms with E-state index in [0.717, 1.165) is 0 Å². The molecule has 1 aliphatic rings. The van der Waals surface area contributed by atoms with Gasteiger partial charge in [-0.15, -0.1) is 0 Å². The lowest BCUT2D eigenvalue weighted by molar-refractivity contribution is -0.141. The van der Waals surface area contributed by atoms with Gasteiger partial charge in [0.2, 0.25) is 10.0 Å². The summed E-state index contributed by atoms with van der Waals surface area (Å²) < 4.78 is 25.4. The first kappa shape index (κ1) is 15.5. The molecule has 0 radical (unpaired) electrons. The Morgan fingerprint density at radius 1 is 1.29 bits per heavy atom. The van der Waals surface area contributed by atoms with Gasteiger partial charge in [0.1, 0.15) is 0 Å². The van der Waals surface area contributed by atoms with E-state index in [1.165, 1.54) is 36.2 Å². The second-order valence-corrected chi connectivity index (χ2v) is 6.69. The molecule has 1 aromatic rings. The minimum Gasteiger partial charge on any atom is -0.481 e. The van der Waals surface area contributed by atoms with Crippen molar-refractivity contribution in [1.82, 2.24) is 9.62 Å². The molecule has 8 heteroatoms. The Kier molecular flexibility index (Phi) is 4.29. The normalized spacial score (nSPS) is 18.7. The molecule has 1 atom stereocenters. The van der Waals surface area contributed by atoms with Crippen LogP contribution in [-0.2, 0) is 14.8 Å². The first-order chi connectivity index (χ1) is 9.85. The van der Waals surface area contributed by atoms with E-state index in [-0.39, 0.29) is 17.3 Å². The zero-order valence-electron chi connectivity index (χ0n) is 11.4. The molecule has 1 fully saturated rings. The number of hydrogen-bond acceptors (Lipinski definition) is 4. The molecule has 1 saturated heterocycles. The number of benzene rings is 1. The minimum atomic E-state index is -3.53. The second-order valence-electron chi connectivity index (χ2n) is 4.81. The topological polar surface area (TPSA) is 104 Å². The summed E-state index contributed by atoms with van der Waals surface area (Å²) in [5.41, 5.74) is 0.344. The predicted octanol–water partition coefficient (Wildman–Crippen LogP) is 0.141. The highest BCUT2D eigenvalue weighted by Crippen LogP contribution is 2.19. The van der Waals surface area contributed by atoms with Gasteiger partial charge in [-0.05, 0) is 37.7 Å². The molecule has 0 spiro atoms. The Hall–Kier alpha value is -1.93. The minimum absolute atomic E-state index is 0.0754. The number of carboxylic acid groups (broad SMARTS) is 1. The van der Waals surface area contributed by atoms with Crippen molar-refractivity contribution in [3.63, 3.8) is 0 Å². The van der Waals surface area contributed by atoms with Crippen LogP contribution in [0.2, 0.25) is 0 Å². The monoisotopic (exact) mass is 312 g/mol. The highest BCUT2D eigenvalue weighted by molar-refractivity contribution is 7.89. The van der Waals surface area contributed by atoms with E-state index in [1.807, 2.05) is 0 Å². The van der Waals surface area contributed by atoms with Crippen LogP contribution in [-0.4, -0.2) is 50.4 Å². The van der Waals surface area contributed by atoms with E-state index in [0.29, 0.717) is 18.5 Å². The van der Waals surface area contributed by atoms with Gasteiger partial charge in [0.05, 0.1) is 10.8 Å². The van der Waals surface area contributed by atoms with E-state index >= 15 is 0 Å². The molecular weight excluding hydrogens is 296 g/mol. The Morgan fingerprint density at radius 2 is 1.90 bits per heavy atom. The van der Waals surface area contributed by atoms with Crippen molar-refractivity contribution in [2.75, 3.05) is 20.1 Å². The molecule has 0 saturated carbocycles. The van der Waals surface area contributed by atoms with E-state index in [1.54, 1.807) is 0 Å². The molecule has 1 heterocycles. The number of rotatable bonds is 4. The maximum absolute atomic E-state index is 12.2. The number of carbonyl (C=O) groups excluding carboxylic acids is 1. The van der Waals surface area contributed by atoms with Gasteiger partial charge in [0, 0.05) is 18.7 Å². The number of amides is 1. The maximum atomic E-state index is 12.2. The predicted molar refractivity (Wildman–Crippen MR) is 74.3 cm³/mol. The third kappa shape index (κ3) is 3.22. The van der Waals surface area contributed by atoms with Crippen LogP contribution in [0.5, 0.6) is 0 Å². The van der Waals surface area contributed by atoms with Crippen molar-refractivity contribution < 1.29 is 23.1 Å². The van der Waals surface area contributed by atoms with E-state index in [2.05, 4.69) is 4.72 Å². The fourth-order valence-corrected chi connectivity index (χ4v) is 2.95. The number of aliphatic carboxylic acids is 1. The van der Waals surface area contributed by atoms with Crippen molar-refractivity contribution in [1.29, 1.82) is 0 Å². The van der Waals surface area contributed by atoms with Crippen molar-refractivity contribution in [3.05, 3.63) is 29.8 Å². The van der Waals surface area contributed by atoms with Crippen LogP contribution in [0, 0.1) is 5.92 Å². The summed E-state index contributed by atoms with van der Waals surface area (Å²) in [6.07, 6.45) is 0.438. The molecule has 1 amide bonds. The van der Waals surface area contributed by atoms with Gasteiger partial charge < -0.3 is 10.0 Å². The highest BCUT2D eigenvalue weighted by atomic mass is 32.2. The summed E-state index contributed by atoms with van der Waals surface area (Å²) in [5.74, 6) is -1.72. The number of sulfonamides is 1. The zero-order chi connectivity index (χ0) is 15.6. The van der Waals surface area contributed by atoms with Crippen LogP contribution in [0.15, 0.2) is 29.2 Å². The van der Waals surface area contributed by atoms with Crippen LogP contribution in [0.3, 0.4) is 0 Å². The number of carbonyl (C=O) groups is 2. The van der Waals surface area contributed by atoms with E-state index in [9.17, 15) is 18.0 Å². The molecule has 0 unspecified atom stereocenters. The average Bonchev–Trinajstić information content (AvgIpc) is 2.96. The molecule has 2 N–H and O–H groups in total. The molecule has 1 aliphatic heterocycles. The molecule has 21 heavy (non-hydrogen) atoms. The van der Waals surface area contributed by atoms with Crippen molar-refractivity contribution in [2.24, 2.45) is 5.92 Å². The lowest BCUT2D eigenvalue weighted by Crippen LogP contribution is -2.30. The lowest BCUT2D eigenvalue weighted by Gasteiger charge is -2.16. The third-order valence-electron chi connectivity index (χ3n) is 3.51. The first-order valence-electron chi connectivity index (χ1n) is 6.41. The van der Waals surface area contributed by atoms with E-state index < -0.39 is 21.9 Å². The van der Waals surface area contributed by atoms with Crippen LogP contribution in [0.25, 0.3) is 0 Å². The molecule has 7 nitrogen and oxygen atoms in total. The summed E-state index contributed by atoms with van der Waals surface area (Å²) >= 11 is 0. The molecular formula is C13H16N2O5S. The Balaban J connectivity index is 2.13. The van der Waals surface area contributed by atoms with Gasteiger partial charge in [-0.25, -0.2) is 13.1 Å². The molecule has 0 bridgehead atoms. The third-order valence-corrected chi connectivity index (χ3v) is 4.94. The Morgan fingerprint density at radius 3 is 2.38 bits per heavy atom. The second kappa shape index (κ2) is 5.82. The molecule has 1 aromatic carbocycles. The first-order valence-corrected chi connectivity index (χ1v) is 7.89. The number of hydrogen-bond donors (Lipinski definition) is 2. The lowest BCUT2D eigenvalue weighted by atomic mass is 10.1. The molecule has 2 rings (SSSR count). The summed E-state index contributed by atoms with van der Waals surface area (Å²) in [7, 11) is -2.22. The summed E-state index contributed by atoms with van der Waals surface area (Å²) in [4.78, 5) is 24.6. The number of nitrogens with one attached hydrogen (secondary N) is 1. The van der Waals surface area contributed by atoms with E-state index in [4.69, 9.17) is 5.11 Å². The van der Waals surface area contributed by atoms with Gasteiger partial charge in [-0.3, -0.25) is 9.59 Å². The quantitative estimate of drug-likeness (QED) is 0.823. The molecule has 0 aliphatic carbocycles. The zero-order valence-corrected chi connectivity index (χ0v) is 12.3. The van der Waals surface area contributed by atoms with Gasteiger partial charge in [-0.2, -0.15) is 0 Å². The Bertz CT molecular complexity index is 654. The van der Waals surface area contributed by atoms with Crippen molar-refractivity contribution >= 4 is 21.9 Å². The van der Waals surface area contributed by atoms with Crippen molar-refractivity contribution in [3.8, 4) is 0 Å². The number of carboxylic acids is 1. The summed E-state index contributed by atoms with van der Waals surface area (Å²) in [6, 6.07) is 5.56. The van der Waals surface area contributed by atoms with Gasteiger partial charge in [-0.1, -0.05) is 0 Å². The SMILES string of the molecule is CNS(=O)(=O)c1ccc(C(=O)N2CC[C@@H](C(=O)O)C2)cc1. The maximum Gasteiger partial charge on any atom is 0.308 e. The van der Waals surface area contributed by atoms with Crippen LogP contribution >= 0.6 is 0 Å². The summed E-state index contributed by atoms with van der Waals surface area (Å²) in [5, 5.41) is 8.92. The standard InChI is InChI=1S/C13H16N2O5S/c1-14-21(19,20)11-4-2-9(3-5-11)12(16)15-7-6-10(8-15)13(17)18/h2-5,10,14H,6-8H2,1H3,(H,17,18)/t10-/m1/s1. The van der Waals surface area contributed by atoms with Crippen LogP contribution in [0.4, 0.5) is 0 Å². The fourth-order valence-electron chi connectivity index (χ4n) is 2.22. The van der Waals surface area contributed by atoms with Gasteiger partial charge in [0.25, 0.3) is 5.91 Å². The molecule has 0 aromatic heterocycles. The Labute approximate surface area is 122 Å². The number of nitrogens with zero attached hydrogens (tertiary/aromatic N) is 1. The molecule has 114 valence electrons. The summed E-state index contributed by atoms with van der Waals surface area (Å²) in [6.45, 7) is 0.580. The number of likely N-dealkylation sites (tertiary alicyclic amines) is 1. The van der Waals surface area contributed by atoms with Gasteiger partial charge >= 0.3 is 5.97 Å². The largest absolute Gasteiger partial charge is 0.481 e.